The predicted octanol–water partition coefficient (Wildman–Crippen LogP) is 6.03. The fraction of sp³-hybridized carbons (Fsp3) is 0.529. The Morgan fingerprint density at radius 3 is 1.41 bits per heavy atom. The Morgan fingerprint density at radius 2 is 1.05 bits per heavy atom. The van der Waals surface area contributed by atoms with Crippen molar-refractivity contribution in [1.82, 2.24) is 19.9 Å². The summed E-state index contributed by atoms with van der Waals surface area (Å²) < 4.78 is 0. The third-order valence-electron chi connectivity index (χ3n) is 8.99. The third-order valence-corrected chi connectivity index (χ3v) is 11.8. The van der Waals surface area contributed by atoms with Gasteiger partial charge in [0, 0.05) is 23.7 Å². The molecule has 2 aliphatic carbocycles. The van der Waals surface area contributed by atoms with Crippen LogP contribution in [0.1, 0.15) is 74.1 Å². The zero-order valence-corrected chi connectivity index (χ0v) is 27.3. The van der Waals surface area contributed by atoms with E-state index in [0.717, 1.165) is 96.7 Å². The van der Waals surface area contributed by atoms with Crippen LogP contribution >= 0.6 is 23.5 Å². The van der Waals surface area contributed by atoms with E-state index in [2.05, 4.69) is 19.9 Å². The second-order valence-electron chi connectivity index (χ2n) is 12.2. The molecule has 0 atom stereocenters. The van der Waals surface area contributed by atoms with Crippen molar-refractivity contribution in [3.05, 3.63) is 79.9 Å². The number of nitrogens with zero attached hydrogens (tertiary/aromatic N) is 2. The highest BCUT2D eigenvalue weighted by Gasteiger charge is 2.22. The molecule has 2 fully saturated rings. The summed E-state index contributed by atoms with van der Waals surface area (Å²) in [5.74, 6) is 3.99. The molecule has 2 heterocycles. The SMILES string of the molecule is Cc1cccc2c(=O)[nH]c(CSC3CCC(CO)CC3)nc12.Cc1cccc2c(=O)[nH]c(CSC3CCC(CO)CC3)nc12. The van der Waals surface area contributed by atoms with Gasteiger partial charge in [-0.2, -0.15) is 23.5 Å². The lowest BCUT2D eigenvalue weighted by atomic mass is 9.90. The van der Waals surface area contributed by atoms with Crippen LogP contribution in [0.5, 0.6) is 0 Å². The molecule has 0 bridgehead atoms. The number of para-hydroxylation sites is 2. The average molecular weight is 637 g/mol. The average Bonchev–Trinajstić information content (AvgIpc) is 3.04. The van der Waals surface area contributed by atoms with Crippen LogP contribution in [0.15, 0.2) is 46.0 Å². The summed E-state index contributed by atoms with van der Waals surface area (Å²) in [4.78, 5) is 39.4. The molecule has 0 amide bonds. The summed E-state index contributed by atoms with van der Waals surface area (Å²) in [5.41, 5.74) is 3.61. The molecule has 4 aromatic rings. The van der Waals surface area contributed by atoms with Crippen LogP contribution in [-0.4, -0.2) is 53.9 Å². The van der Waals surface area contributed by atoms with E-state index in [-0.39, 0.29) is 11.1 Å². The molecule has 0 spiro atoms. The standard InChI is InChI=1S/2C17H22N2O2S/c2*1-11-3-2-4-14-16(11)18-15(19-17(14)21)10-22-13-7-5-12(9-20)6-8-13/h2*2-4,12-13,20H,5-10H2,1H3,(H,18,19,21). The summed E-state index contributed by atoms with van der Waals surface area (Å²) in [6.45, 7) is 4.61. The number of thioether (sulfide) groups is 2. The van der Waals surface area contributed by atoms with Crippen molar-refractivity contribution in [1.29, 1.82) is 0 Å². The maximum Gasteiger partial charge on any atom is 0.258 e. The number of benzene rings is 2. The first-order valence-electron chi connectivity index (χ1n) is 15.8. The number of aliphatic hydroxyl groups excluding tert-OH is 2. The van der Waals surface area contributed by atoms with Gasteiger partial charge in [0.05, 0.1) is 33.3 Å². The zero-order valence-electron chi connectivity index (χ0n) is 25.7. The molecular formula is C34H44N4O4S2. The van der Waals surface area contributed by atoms with Crippen molar-refractivity contribution in [2.24, 2.45) is 11.8 Å². The number of H-pyrrole nitrogens is 2. The summed E-state index contributed by atoms with van der Waals surface area (Å²) in [6.07, 6.45) is 9.01. The van der Waals surface area contributed by atoms with Crippen LogP contribution in [0.3, 0.4) is 0 Å². The minimum atomic E-state index is -0.0479. The van der Waals surface area contributed by atoms with Crippen molar-refractivity contribution in [3.8, 4) is 0 Å². The molecule has 10 heteroatoms. The summed E-state index contributed by atoms with van der Waals surface area (Å²) >= 11 is 3.74. The molecule has 0 unspecified atom stereocenters. The Balaban J connectivity index is 0.000000175. The largest absolute Gasteiger partial charge is 0.396 e. The maximum atomic E-state index is 12.2. The third kappa shape index (κ3) is 8.33. The van der Waals surface area contributed by atoms with Gasteiger partial charge in [-0.15, -0.1) is 0 Å². The molecule has 44 heavy (non-hydrogen) atoms. The van der Waals surface area contributed by atoms with Crippen LogP contribution < -0.4 is 11.1 Å². The first-order valence-corrected chi connectivity index (χ1v) is 17.9. The van der Waals surface area contributed by atoms with Crippen LogP contribution in [-0.2, 0) is 11.5 Å². The molecule has 236 valence electrons. The van der Waals surface area contributed by atoms with Gasteiger partial charge in [-0.25, -0.2) is 9.97 Å². The van der Waals surface area contributed by atoms with Crippen molar-refractivity contribution >= 4 is 45.3 Å². The highest BCUT2D eigenvalue weighted by molar-refractivity contribution is 7.99. The first kappa shape index (κ1) is 32.7. The van der Waals surface area contributed by atoms with E-state index in [1.165, 1.54) is 0 Å². The van der Waals surface area contributed by atoms with Crippen LogP contribution in [0.25, 0.3) is 21.8 Å². The van der Waals surface area contributed by atoms with Gasteiger partial charge in [0.2, 0.25) is 0 Å². The van der Waals surface area contributed by atoms with E-state index >= 15 is 0 Å². The minimum absolute atomic E-state index is 0.0479. The molecule has 0 saturated heterocycles. The number of aromatic nitrogens is 4. The Labute approximate surface area is 266 Å². The van der Waals surface area contributed by atoms with Crippen LogP contribution in [0.4, 0.5) is 0 Å². The molecule has 6 rings (SSSR count). The molecule has 2 aromatic carbocycles. The van der Waals surface area contributed by atoms with Gasteiger partial charge in [0.25, 0.3) is 11.1 Å². The fourth-order valence-corrected chi connectivity index (χ4v) is 8.47. The Morgan fingerprint density at radius 1 is 0.659 bits per heavy atom. The van der Waals surface area contributed by atoms with Crippen LogP contribution in [0.2, 0.25) is 0 Å². The van der Waals surface area contributed by atoms with E-state index in [1.54, 1.807) is 0 Å². The first-order chi connectivity index (χ1) is 21.3. The van der Waals surface area contributed by atoms with Gasteiger partial charge in [-0.3, -0.25) is 9.59 Å². The van der Waals surface area contributed by atoms with E-state index in [0.29, 0.717) is 46.3 Å². The lowest BCUT2D eigenvalue weighted by Gasteiger charge is -2.26. The minimum Gasteiger partial charge on any atom is -0.396 e. The number of rotatable bonds is 8. The van der Waals surface area contributed by atoms with Crippen molar-refractivity contribution < 1.29 is 10.2 Å². The smallest absolute Gasteiger partial charge is 0.258 e. The number of hydrogen-bond donors (Lipinski definition) is 4. The number of aromatic amines is 2. The fourth-order valence-electron chi connectivity index (χ4n) is 6.20. The Bertz CT molecular complexity index is 1530. The maximum absolute atomic E-state index is 12.2. The second-order valence-corrected chi connectivity index (χ2v) is 14.8. The van der Waals surface area contributed by atoms with Gasteiger partial charge in [-0.1, -0.05) is 24.3 Å². The number of aryl methyl sites for hydroxylation is 2. The summed E-state index contributed by atoms with van der Waals surface area (Å²) in [7, 11) is 0. The van der Waals surface area contributed by atoms with Crippen molar-refractivity contribution in [2.45, 2.75) is 87.2 Å². The van der Waals surface area contributed by atoms with Crippen molar-refractivity contribution in [3.63, 3.8) is 0 Å². The molecule has 2 saturated carbocycles. The van der Waals surface area contributed by atoms with E-state index in [1.807, 2.05) is 73.8 Å². The van der Waals surface area contributed by atoms with Gasteiger partial charge in [-0.05, 0) is 100 Å². The molecule has 0 radical (unpaired) electrons. The monoisotopic (exact) mass is 636 g/mol. The molecular weight excluding hydrogens is 593 g/mol. The number of aliphatic hydroxyl groups is 2. The van der Waals surface area contributed by atoms with Gasteiger partial charge < -0.3 is 20.2 Å². The molecule has 0 aliphatic heterocycles. The zero-order chi connectivity index (χ0) is 31.1. The highest BCUT2D eigenvalue weighted by Crippen LogP contribution is 2.34. The van der Waals surface area contributed by atoms with E-state index in [4.69, 9.17) is 0 Å². The number of hydrogen-bond acceptors (Lipinski definition) is 8. The number of fused-ring (bicyclic) bond motifs is 2. The topological polar surface area (TPSA) is 132 Å². The second kappa shape index (κ2) is 15.6. The summed E-state index contributed by atoms with van der Waals surface area (Å²) in [5, 5.41) is 20.9. The van der Waals surface area contributed by atoms with Gasteiger partial charge in [0.15, 0.2) is 0 Å². The van der Waals surface area contributed by atoms with Crippen LogP contribution in [0, 0.1) is 25.7 Å². The Hall–Kier alpha value is -2.66. The lowest BCUT2D eigenvalue weighted by molar-refractivity contribution is 0.192. The van der Waals surface area contributed by atoms with E-state index in [9.17, 15) is 19.8 Å². The normalized spacial score (nSPS) is 22.1. The lowest BCUT2D eigenvalue weighted by Crippen LogP contribution is -2.19. The molecule has 4 N–H and O–H groups in total. The Kier molecular flexibility index (Phi) is 11.6. The summed E-state index contributed by atoms with van der Waals surface area (Å²) in [6, 6.07) is 11.4. The number of nitrogens with one attached hydrogen (secondary N) is 2. The van der Waals surface area contributed by atoms with E-state index < -0.39 is 0 Å². The van der Waals surface area contributed by atoms with Gasteiger partial charge >= 0.3 is 0 Å². The highest BCUT2D eigenvalue weighted by atomic mass is 32.2. The molecule has 2 aromatic heterocycles. The predicted molar refractivity (Wildman–Crippen MR) is 182 cm³/mol. The molecule has 2 aliphatic rings. The quantitative estimate of drug-likeness (QED) is 0.184. The van der Waals surface area contributed by atoms with Gasteiger partial charge in [0.1, 0.15) is 11.6 Å². The molecule has 8 nitrogen and oxygen atoms in total. The van der Waals surface area contributed by atoms with Crippen molar-refractivity contribution in [2.75, 3.05) is 13.2 Å².